The number of hydrogen-bond donors (Lipinski definition) is 2. The molecule has 1 fully saturated rings. The van der Waals surface area contributed by atoms with Crippen LogP contribution in [0.25, 0.3) is 0 Å². The van der Waals surface area contributed by atoms with Crippen molar-refractivity contribution in [3.63, 3.8) is 0 Å². The van der Waals surface area contributed by atoms with Crippen molar-refractivity contribution < 1.29 is 13.6 Å². The third-order valence-electron chi connectivity index (χ3n) is 2.58. The van der Waals surface area contributed by atoms with Crippen molar-refractivity contribution in [1.29, 1.82) is 0 Å². The quantitative estimate of drug-likeness (QED) is 0.884. The van der Waals surface area contributed by atoms with Crippen molar-refractivity contribution >= 4 is 23.4 Å². The van der Waals surface area contributed by atoms with E-state index in [2.05, 4.69) is 10.6 Å². The Hall–Kier alpha value is -1.14. The predicted molar refractivity (Wildman–Crippen MR) is 68.7 cm³/mol. The van der Waals surface area contributed by atoms with Crippen molar-refractivity contribution in [2.75, 3.05) is 23.4 Å². The van der Waals surface area contributed by atoms with E-state index >= 15 is 0 Å². The molecule has 2 N–H and O–H groups in total. The van der Waals surface area contributed by atoms with Gasteiger partial charge in [0.15, 0.2) is 0 Å². The molecule has 6 heteroatoms. The minimum Gasteiger partial charge on any atom is -0.326 e. The Kier molecular flexibility index (Phi) is 4.54. The molecule has 1 amide bonds. The maximum absolute atomic E-state index is 12.9. The number of thioether (sulfide) groups is 1. The molecule has 1 heterocycles. The largest absolute Gasteiger partial charge is 0.326 e. The highest BCUT2D eigenvalue weighted by Gasteiger charge is 2.16. The van der Waals surface area contributed by atoms with Gasteiger partial charge in [-0.1, -0.05) is 0 Å². The van der Waals surface area contributed by atoms with E-state index in [9.17, 15) is 13.6 Å². The van der Waals surface area contributed by atoms with Gasteiger partial charge < -0.3 is 10.6 Å². The van der Waals surface area contributed by atoms with E-state index in [1.807, 2.05) is 0 Å². The summed E-state index contributed by atoms with van der Waals surface area (Å²) in [4.78, 5) is 11.7. The first-order valence-electron chi connectivity index (χ1n) is 5.70. The summed E-state index contributed by atoms with van der Waals surface area (Å²) < 4.78 is 25.9. The first-order valence-corrected chi connectivity index (χ1v) is 6.86. The van der Waals surface area contributed by atoms with Crippen molar-refractivity contribution in [3.05, 3.63) is 29.8 Å². The van der Waals surface area contributed by atoms with Gasteiger partial charge in [-0.15, -0.1) is 0 Å². The fourth-order valence-corrected chi connectivity index (χ4v) is 2.76. The van der Waals surface area contributed by atoms with Crippen LogP contribution in [0.5, 0.6) is 0 Å². The molecular weight excluding hydrogens is 258 g/mol. The summed E-state index contributed by atoms with van der Waals surface area (Å²) in [7, 11) is 0. The molecule has 1 saturated heterocycles. The molecule has 1 atom stereocenters. The molecule has 0 saturated carbocycles. The lowest BCUT2D eigenvalue weighted by atomic mass is 10.2. The number of hydrogen-bond acceptors (Lipinski definition) is 3. The summed E-state index contributed by atoms with van der Waals surface area (Å²) in [5, 5.41) is 5.73. The van der Waals surface area contributed by atoms with Gasteiger partial charge in [0.2, 0.25) is 5.91 Å². The Morgan fingerprint density at radius 3 is 2.72 bits per heavy atom. The molecule has 1 unspecified atom stereocenters. The van der Waals surface area contributed by atoms with Gasteiger partial charge in [0.05, 0.1) is 0 Å². The minimum absolute atomic E-state index is 0.127. The van der Waals surface area contributed by atoms with Crippen molar-refractivity contribution in [2.45, 2.75) is 12.5 Å². The van der Waals surface area contributed by atoms with E-state index < -0.39 is 11.6 Å². The molecule has 3 nitrogen and oxygen atoms in total. The van der Waals surface area contributed by atoms with Gasteiger partial charge in [0.1, 0.15) is 11.6 Å². The van der Waals surface area contributed by atoms with Crippen LogP contribution in [0.15, 0.2) is 18.2 Å². The zero-order valence-electron chi connectivity index (χ0n) is 9.71. The Labute approximate surface area is 108 Å². The summed E-state index contributed by atoms with van der Waals surface area (Å²) in [5.74, 6) is 0.298. The van der Waals surface area contributed by atoms with E-state index in [4.69, 9.17) is 0 Å². The normalized spacial score (nSPS) is 19.6. The molecule has 18 heavy (non-hydrogen) atoms. The van der Waals surface area contributed by atoms with Crippen LogP contribution in [0.1, 0.15) is 6.42 Å². The molecule has 0 radical (unpaired) electrons. The molecular formula is C12H14F2N2OS. The smallest absolute Gasteiger partial charge is 0.225 e. The minimum atomic E-state index is -0.698. The van der Waals surface area contributed by atoms with Crippen LogP contribution in [0.3, 0.4) is 0 Å². The number of nitrogens with one attached hydrogen (secondary N) is 2. The van der Waals surface area contributed by atoms with Crippen LogP contribution in [0.2, 0.25) is 0 Å². The Morgan fingerprint density at radius 2 is 2.11 bits per heavy atom. The number of carbonyl (C=O) groups is 1. The molecule has 1 aliphatic heterocycles. The van der Waals surface area contributed by atoms with Gasteiger partial charge in [-0.25, -0.2) is 8.78 Å². The SMILES string of the molecule is O=C(CC1CSCCN1)Nc1cc(F)cc(F)c1. The van der Waals surface area contributed by atoms with Crippen LogP contribution >= 0.6 is 11.8 Å². The second-order valence-corrected chi connectivity index (χ2v) is 5.29. The van der Waals surface area contributed by atoms with E-state index in [1.165, 1.54) is 0 Å². The number of anilines is 1. The van der Waals surface area contributed by atoms with E-state index in [-0.39, 0.29) is 17.6 Å². The number of benzene rings is 1. The van der Waals surface area contributed by atoms with Crippen molar-refractivity contribution in [3.8, 4) is 0 Å². The van der Waals surface area contributed by atoms with Crippen molar-refractivity contribution in [1.82, 2.24) is 5.32 Å². The monoisotopic (exact) mass is 272 g/mol. The van der Waals surface area contributed by atoms with Crippen LogP contribution in [-0.2, 0) is 4.79 Å². The molecule has 1 aromatic rings. The summed E-state index contributed by atoms with van der Waals surface area (Å²) in [6, 6.07) is 3.10. The number of halogens is 2. The molecule has 0 bridgehead atoms. The lowest BCUT2D eigenvalue weighted by Crippen LogP contribution is -2.39. The number of carbonyl (C=O) groups excluding carboxylic acids is 1. The van der Waals surface area contributed by atoms with Crippen LogP contribution in [0.4, 0.5) is 14.5 Å². The highest BCUT2D eigenvalue weighted by molar-refractivity contribution is 7.99. The first kappa shape index (κ1) is 13.3. The molecule has 0 spiro atoms. The second-order valence-electron chi connectivity index (χ2n) is 4.14. The molecule has 1 aromatic carbocycles. The highest BCUT2D eigenvalue weighted by atomic mass is 32.2. The second kappa shape index (κ2) is 6.15. The zero-order chi connectivity index (χ0) is 13.0. The first-order chi connectivity index (χ1) is 8.63. The Morgan fingerprint density at radius 1 is 1.39 bits per heavy atom. The van der Waals surface area contributed by atoms with Crippen LogP contribution < -0.4 is 10.6 Å². The summed E-state index contributed by atoms with van der Waals surface area (Å²) in [6.45, 7) is 0.886. The third kappa shape index (κ3) is 3.96. The fraction of sp³-hybridized carbons (Fsp3) is 0.417. The standard InChI is InChI=1S/C12H14F2N2OS/c13-8-3-9(14)5-10(4-8)16-12(17)6-11-7-18-2-1-15-11/h3-5,11,15H,1-2,6-7H2,(H,16,17). The number of amides is 1. The van der Waals surface area contributed by atoms with Gasteiger partial charge in [-0.3, -0.25) is 4.79 Å². The fourth-order valence-electron chi connectivity index (χ4n) is 1.81. The molecule has 0 aliphatic carbocycles. The highest BCUT2D eigenvalue weighted by Crippen LogP contribution is 2.15. The Balaban J connectivity index is 1.89. The molecule has 2 rings (SSSR count). The van der Waals surface area contributed by atoms with Crippen LogP contribution in [0, 0.1) is 11.6 Å². The predicted octanol–water partition coefficient (Wildman–Crippen LogP) is 2.00. The summed E-state index contributed by atoms with van der Waals surface area (Å²) in [6.07, 6.45) is 0.311. The topological polar surface area (TPSA) is 41.1 Å². The van der Waals surface area contributed by atoms with Gasteiger partial charge in [-0.05, 0) is 12.1 Å². The Bertz CT molecular complexity index is 416. The maximum Gasteiger partial charge on any atom is 0.225 e. The van der Waals surface area contributed by atoms with Gasteiger partial charge in [0, 0.05) is 42.3 Å². The molecule has 1 aliphatic rings. The lowest BCUT2D eigenvalue weighted by molar-refractivity contribution is -0.116. The van der Waals surface area contributed by atoms with Crippen LogP contribution in [-0.4, -0.2) is 30.0 Å². The number of rotatable bonds is 3. The van der Waals surface area contributed by atoms with Crippen molar-refractivity contribution in [2.24, 2.45) is 0 Å². The average molecular weight is 272 g/mol. The molecule has 98 valence electrons. The third-order valence-corrected chi connectivity index (χ3v) is 3.71. The average Bonchev–Trinajstić information content (AvgIpc) is 2.28. The maximum atomic E-state index is 12.9. The van der Waals surface area contributed by atoms with E-state index in [0.29, 0.717) is 6.42 Å². The van der Waals surface area contributed by atoms with Gasteiger partial charge in [0.25, 0.3) is 0 Å². The lowest BCUT2D eigenvalue weighted by Gasteiger charge is -2.22. The molecule has 0 aromatic heterocycles. The van der Waals surface area contributed by atoms with Gasteiger partial charge >= 0.3 is 0 Å². The summed E-state index contributed by atoms with van der Waals surface area (Å²) >= 11 is 1.79. The van der Waals surface area contributed by atoms with E-state index in [1.54, 1.807) is 11.8 Å². The van der Waals surface area contributed by atoms with Gasteiger partial charge in [-0.2, -0.15) is 11.8 Å². The van der Waals surface area contributed by atoms with E-state index in [0.717, 1.165) is 36.2 Å². The summed E-state index contributed by atoms with van der Waals surface area (Å²) in [5.41, 5.74) is 0.154. The zero-order valence-corrected chi connectivity index (χ0v) is 10.5.